The summed E-state index contributed by atoms with van der Waals surface area (Å²) in [6.45, 7) is 0.397. The Hall–Kier alpha value is -1.05. The molecule has 2 rings (SSSR count). The van der Waals surface area contributed by atoms with Crippen molar-refractivity contribution < 1.29 is 4.79 Å². The number of nitrogens with zero attached hydrogens (tertiary/aromatic N) is 3. The van der Waals surface area contributed by atoms with Crippen molar-refractivity contribution in [2.75, 3.05) is 0 Å². The van der Waals surface area contributed by atoms with E-state index < -0.39 is 0 Å². The third-order valence-electron chi connectivity index (χ3n) is 1.48. The van der Waals surface area contributed by atoms with Crippen LogP contribution in [0.3, 0.4) is 0 Å². The van der Waals surface area contributed by atoms with Crippen LogP contribution >= 0.6 is 34.3 Å². The summed E-state index contributed by atoms with van der Waals surface area (Å²) < 4.78 is 0.259. The van der Waals surface area contributed by atoms with E-state index in [4.69, 9.17) is 11.6 Å². The molecule has 15 heavy (non-hydrogen) atoms. The highest BCUT2D eigenvalue weighted by Gasteiger charge is 2.11. The summed E-state index contributed by atoms with van der Waals surface area (Å²) in [5, 5.41) is 12.8. The summed E-state index contributed by atoms with van der Waals surface area (Å²) in [5.41, 5.74) is 0. The minimum atomic E-state index is -0.283. The smallest absolute Gasteiger partial charge is 0.282 e. The zero-order chi connectivity index (χ0) is 10.7. The summed E-state index contributed by atoms with van der Waals surface area (Å²) in [6, 6.07) is 0. The minimum absolute atomic E-state index is 0.259. The van der Waals surface area contributed by atoms with Gasteiger partial charge in [-0.25, -0.2) is 4.98 Å². The number of amides is 1. The predicted octanol–water partition coefficient (Wildman–Crippen LogP) is 1.58. The second kappa shape index (κ2) is 4.65. The van der Waals surface area contributed by atoms with Crippen molar-refractivity contribution in [3.8, 4) is 0 Å². The van der Waals surface area contributed by atoms with E-state index in [1.807, 2.05) is 5.38 Å². The number of hydrogen-bond acceptors (Lipinski definition) is 6. The number of halogens is 1. The molecule has 0 aliphatic rings. The molecular formula is C7H5ClN4OS2. The van der Waals surface area contributed by atoms with Gasteiger partial charge in [-0.1, -0.05) is 11.3 Å². The van der Waals surface area contributed by atoms with Gasteiger partial charge in [-0.3, -0.25) is 4.79 Å². The molecule has 0 unspecified atom stereocenters. The number of aromatic nitrogens is 3. The van der Waals surface area contributed by atoms with Crippen molar-refractivity contribution in [1.82, 2.24) is 20.5 Å². The molecule has 5 nitrogen and oxygen atoms in total. The standard InChI is InChI=1S/C7H5ClN4OS2/c8-7-12-11-6(15-7)5(13)10-3-4-9-1-2-14-4/h1-2H,3H2,(H,10,13). The molecule has 2 aromatic rings. The zero-order valence-electron chi connectivity index (χ0n) is 7.31. The number of hydrogen-bond donors (Lipinski definition) is 1. The Balaban J connectivity index is 1.93. The number of rotatable bonds is 3. The lowest BCUT2D eigenvalue weighted by atomic mass is 10.6. The van der Waals surface area contributed by atoms with Gasteiger partial charge in [-0.05, 0) is 11.6 Å². The lowest BCUT2D eigenvalue weighted by Crippen LogP contribution is -2.22. The molecule has 0 radical (unpaired) electrons. The quantitative estimate of drug-likeness (QED) is 0.910. The van der Waals surface area contributed by atoms with E-state index in [9.17, 15) is 4.79 Å². The van der Waals surface area contributed by atoms with E-state index >= 15 is 0 Å². The average Bonchev–Trinajstić information content (AvgIpc) is 2.84. The maximum absolute atomic E-state index is 11.5. The first kappa shape index (κ1) is 10.5. The monoisotopic (exact) mass is 260 g/mol. The molecule has 0 bridgehead atoms. The van der Waals surface area contributed by atoms with E-state index in [0.717, 1.165) is 16.3 Å². The Morgan fingerprint density at radius 2 is 2.40 bits per heavy atom. The first-order chi connectivity index (χ1) is 7.25. The van der Waals surface area contributed by atoms with Crippen LogP contribution in [0.5, 0.6) is 0 Å². The summed E-state index contributed by atoms with van der Waals surface area (Å²) in [7, 11) is 0. The zero-order valence-corrected chi connectivity index (χ0v) is 9.70. The first-order valence-electron chi connectivity index (χ1n) is 3.91. The highest BCUT2D eigenvalue weighted by molar-refractivity contribution is 7.17. The second-order valence-electron chi connectivity index (χ2n) is 2.47. The van der Waals surface area contributed by atoms with Crippen LogP contribution in [0.2, 0.25) is 4.47 Å². The van der Waals surface area contributed by atoms with Gasteiger partial charge in [-0.15, -0.1) is 21.5 Å². The van der Waals surface area contributed by atoms with Crippen molar-refractivity contribution in [2.45, 2.75) is 6.54 Å². The third-order valence-corrected chi connectivity index (χ3v) is 3.28. The maximum Gasteiger partial charge on any atom is 0.282 e. The molecule has 0 aliphatic heterocycles. The van der Waals surface area contributed by atoms with E-state index in [2.05, 4.69) is 20.5 Å². The van der Waals surface area contributed by atoms with Gasteiger partial charge in [0.25, 0.3) is 5.91 Å². The van der Waals surface area contributed by atoms with Crippen molar-refractivity contribution in [1.29, 1.82) is 0 Å². The summed E-state index contributed by atoms with van der Waals surface area (Å²) in [4.78, 5) is 15.5. The summed E-state index contributed by atoms with van der Waals surface area (Å²) >= 11 is 8.09. The molecule has 1 amide bonds. The number of nitrogens with one attached hydrogen (secondary N) is 1. The van der Waals surface area contributed by atoms with Gasteiger partial charge >= 0.3 is 0 Å². The highest BCUT2D eigenvalue weighted by Crippen LogP contribution is 2.14. The molecule has 1 N–H and O–H groups in total. The minimum Gasteiger partial charge on any atom is -0.343 e. The van der Waals surface area contributed by atoms with E-state index in [1.54, 1.807) is 6.20 Å². The molecule has 0 saturated heterocycles. The largest absolute Gasteiger partial charge is 0.343 e. The van der Waals surface area contributed by atoms with Crippen LogP contribution in [0.25, 0.3) is 0 Å². The van der Waals surface area contributed by atoms with Crippen molar-refractivity contribution in [3.63, 3.8) is 0 Å². The van der Waals surface area contributed by atoms with Crippen molar-refractivity contribution >= 4 is 40.2 Å². The fourth-order valence-corrected chi connectivity index (χ4v) is 2.17. The number of thiazole rings is 1. The summed E-state index contributed by atoms with van der Waals surface area (Å²) in [5.74, 6) is -0.283. The van der Waals surface area contributed by atoms with Gasteiger partial charge < -0.3 is 5.32 Å². The molecule has 8 heteroatoms. The van der Waals surface area contributed by atoms with Gasteiger partial charge in [-0.2, -0.15) is 0 Å². The fourth-order valence-electron chi connectivity index (χ4n) is 0.869. The van der Waals surface area contributed by atoms with Crippen LogP contribution in [0.15, 0.2) is 11.6 Å². The SMILES string of the molecule is O=C(NCc1nccs1)c1nnc(Cl)s1. The van der Waals surface area contributed by atoms with Crippen LogP contribution < -0.4 is 5.32 Å². The topological polar surface area (TPSA) is 67.8 Å². The van der Waals surface area contributed by atoms with Crippen LogP contribution in [0.1, 0.15) is 14.8 Å². The Labute approximate surface area is 98.1 Å². The van der Waals surface area contributed by atoms with Crippen LogP contribution in [-0.4, -0.2) is 21.1 Å². The average molecular weight is 261 g/mol. The Kier molecular flexibility index (Phi) is 3.24. The lowest BCUT2D eigenvalue weighted by molar-refractivity contribution is 0.0950. The van der Waals surface area contributed by atoms with E-state index in [-0.39, 0.29) is 15.4 Å². The van der Waals surface area contributed by atoms with Gasteiger partial charge in [0.2, 0.25) is 9.47 Å². The Bertz CT molecular complexity index is 455. The molecule has 0 fully saturated rings. The van der Waals surface area contributed by atoms with E-state index in [1.165, 1.54) is 11.3 Å². The molecule has 0 saturated carbocycles. The van der Waals surface area contributed by atoms with Crippen molar-refractivity contribution in [3.05, 3.63) is 26.1 Å². The number of carbonyl (C=O) groups excluding carboxylic acids is 1. The Morgan fingerprint density at radius 1 is 1.53 bits per heavy atom. The van der Waals surface area contributed by atoms with Gasteiger partial charge in [0.15, 0.2) is 0 Å². The fraction of sp³-hybridized carbons (Fsp3) is 0.143. The van der Waals surface area contributed by atoms with Gasteiger partial charge in [0.1, 0.15) is 5.01 Å². The third kappa shape index (κ3) is 2.71. The summed E-state index contributed by atoms with van der Waals surface area (Å²) in [6.07, 6.45) is 1.69. The second-order valence-corrected chi connectivity index (χ2v) is 5.01. The molecule has 0 atom stereocenters. The lowest BCUT2D eigenvalue weighted by Gasteiger charge is -1.97. The molecule has 0 aliphatic carbocycles. The van der Waals surface area contributed by atoms with Crippen molar-refractivity contribution in [2.24, 2.45) is 0 Å². The molecule has 0 spiro atoms. The van der Waals surface area contributed by atoms with Crippen LogP contribution in [-0.2, 0) is 6.54 Å². The van der Waals surface area contributed by atoms with Crippen LogP contribution in [0, 0.1) is 0 Å². The molecule has 78 valence electrons. The molecule has 2 heterocycles. The molecular weight excluding hydrogens is 256 g/mol. The highest BCUT2D eigenvalue weighted by atomic mass is 35.5. The van der Waals surface area contributed by atoms with E-state index in [0.29, 0.717) is 6.54 Å². The molecule has 2 aromatic heterocycles. The predicted molar refractivity (Wildman–Crippen MR) is 58.2 cm³/mol. The van der Waals surface area contributed by atoms with Gasteiger partial charge in [0, 0.05) is 11.6 Å². The maximum atomic E-state index is 11.5. The molecule has 0 aromatic carbocycles. The van der Waals surface area contributed by atoms with Gasteiger partial charge in [0.05, 0.1) is 6.54 Å². The number of carbonyl (C=O) groups is 1. The first-order valence-corrected chi connectivity index (χ1v) is 5.98. The Morgan fingerprint density at radius 3 is 3.00 bits per heavy atom. The normalized spacial score (nSPS) is 10.2. The van der Waals surface area contributed by atoms with Crippen LogP contribution in [0.4, 0.5) is 0 Å².